The van der Waals surface area contributed by atoms with Crippen LogP contribution in [0.3, 0.4) is 0 Å². The molecule has 0 aliphatic rings. The van der Waals surface area contributed by atoms with Gasteiger partial charge in [0.25, 0.3) is 0 Å². The van der Waals surface area contributed by atoms with E-state index in [-0.39, 0.29) is 43.9 Å². The van der Waals surface area contributed by atoms with Crippen LogP contribution in [0.25, 0.3) is 0 Å². The molecule has 1 aromatic carbocycles. The second kappa shape index (κ2) is 14.8. The predicted molar refractivity (Wildman–Crippen MR) is 118 cm³/mol. The first-order chi connectivity index (χ1) is 15.7. The number of carbonyl (C=O) groups is 4. The van der Waals surface area contributed by atoms with Crippen molar-refractivity contribution in [2.45, 2.75) is 65.5 Å². The molecule has 0 spiro atoms. The molecular weight excluding hydrogens is 434 g/mol. The highest BCUT2D eigenvalue weighted by molar-refractivity contribution is 5.77. The van der Waals surface area contributed by atoms with Gasteiger partial charge in [-0.15, -0.1) is 0 Å². The van der Waals surface area contributed by atoms with Gasteiger partial charge in [-0.05, 0) is 37.5 Å². The number of methoxy groups -OCH3 is 1. The molecule has 0 amide bonds. The molecule has 10 nitrogen and oxygen atoms in total. The number of carbonyl (C=O) groups excluding carboxylic acids is 4. The number of hydrogen-bond donors (Lipinski definition) is 1. The molecule has 1 aromatic rings. The Morgan fingerprint density at radius 3 is 2.18 bits per heavy atom. The molecule has 33 heavy (non-hydrogen) atoms. The van der Waals surface area contributed by atoms with Gasteiger partial charge in [0.15, 0.2) is 11.5 Å². The van der Waals surface area contributed by atoms with Gasteiger partial charge in [-0.1, -0.05) is 26.8 Å². The maximum atomic E-state index is 12.3. The van der Waals surface area contributed by atoms with Crippen LogP contribution < -0.4 is 14.8 Å². The Bertz CT molecular complexity index is 809. The van der Waals surface area contributed by atoms with E-state index in [1.807, 2.05) is 6.92 Å². The topological polar surface area (TPSA) is 126 Å². The molecule has 10 heteroatoms. The lowest BCUT2D eigenvalue weighted by atomic mass is 10.0. The van der Waals surface area contributed by atoms with E-state index in [9.17, 15) is 19.2 Å². The van der Waals surface area contributed by atoms with Crippen molar-refractivity contribution in [3.8, 4) is 11.5 Å². The number of ether oxygens (including phenoxy) is 5. The van der Waals surface area contributed by atoms with Crippen LogP contribution in [-0.4, -0.2) is 56.5 Å². The number of hydrogen-bond acceptors (Lipinski definition) is 10. The van der Waals surface area contributed by atoms with Gasteiger partial charge in [-0.25, -0.2) is 4.79 Å². The van der Waals surface area contributed by atoms with Gasteiger partial charge >= 0.3 is 24.1 Å². The Labute approximate surface area is 193 Å². The second-order valence-electron chi connectivity index (χ2n) is 7.15. The molecule has 0 fully saturated rings. The molecule has 1 N–H and O–H groups in total. The zero-order chi connectivity index (χ0) is 24.8. The lowest BCUT2D eigenvalue weighted by molar-refractivity contribution is -0.143. The molecule has 2 atom stereocenters. The molecule has 0 aliphatic heterocycles. The molecule has 0 heterocycles. The van der Waals surface area contributed by atoms with Crippen molar-refractivity contribution in [3.63, 3.8) is 0 Å². The predicted octanol–water partition coefficient (Wildman–Crippen LogP) is 2.94. The summed E-state index contributed by atoms with van der Waals surface area (Å²) in [6, 6.07) is 3.92. The van der Waals surface area contributed by atoms with Crippen molar-refractivity contribution in [1.29, 1.82) is 0 Å². The van der Waals surface area contributed by atoms with E-state index in [1.54, 1.807) is 26.8 Å². The maximum Gasteiger partial charge on any atom is 0.508 e. The highest BCUT2D eigenvalue weighted by Gasteiger charge is 2.23. The summed E-state index contributed by atoms with van der Waals surface area (Å²) < 4.78 is 25.4. The molecule has 0 aromatic heterocycles. The first kappa shape index (κ1) is 27.9. The Morgan fingerprint density at radius 2 is 1.61 bits per heavy atom. The van der Waals surface area contributed by atoms with Crippen molar-refractivity contribution in [3.05, 3.63) is 23.8 Å². The van der Waals surface area contributed by atoms with Crippen LogP contribution in [0.15, 0.2) is 18.2 Å². The number of benzene rings is 1. The van der Waals surface area contributed by atoms with Gasteiger partial charge in [0.2, 0.25) is 0 Å². The van der Waals surface area contributed by atoms with E-state index < -0.39 is 36.2 Å². The van der Waals surface area contributed by atoms with Crippen LogP contribution in [0.4, 0.5) is 4.79 Å². The van der Waals surface area contributed by atoms with Crippen molar-refractivity contribution in [2.75, 3.05) is 20.3 Å². The maximum absolute atomic E-state index is 12.3. The third-order valence-corrected chi connectivity index (χ3v) is 4.33. The summed E-state index contributed by atoms with van der Waals surface area (Å²) in [6.45, 7) is 7.25. The molecule has 1 rings (SSSR count). The van der Waals surface area contributed by atoms with Crippen LogP contribution in [0.5, 0.6) is 11.5 Å². The fourth-order valence-corrected chi connectivity index (χ4v) is 2.58. The SMILES string of the molecule is CCCOC(=O)OC(C)CN[C@@H](Cc1ccc(OC(=O)CC)c(OC(=O)CC)c1)C(=O)OC. The lowest BCUT2D eigenvalue weighted by Gasteiger charge is -2.20. The van der Waals surface area contributed by atoms with Gasteiger partial charge < -0.3 is 29.0 Å². The van der Waals surface area contributed by atoms with Crippen molar-refractivity contribution < 1.29 is 42.9 Å². The molecule has 0 radical (unpaired) electrons. The molecule has 0 bridgehead atoms. The first-order valence-corrected chi connectivity index (χ1v) is 10.9. The average Bonchev–Trinajstić information content (AvgIpc) is 2.80. The van der Waals surface area contributed by atoms with E-state index in [4.69, 9.17) is 23.7 Å². The molecule has 184 valence electrons. The Balaban J connectivity index is 2.93. The minimum Gasteiger partial charge on any atom is -0.468 e. The normalized spacial score (nSPS) is 12.3. The largest absolute Gasteiger partial charge is 0.508 e. The van der Waals surface area contributed by atoms with E-state index in [2.05, 4.69) is 5.32 Å². The van der Waals surface area contributed by atoms with Crippen molar-refractivity contribution >= 4 is 24.1 Å². The van der Waals surface area contributed by atoms with Crippen LogP contribution >= 0.6 is 0 Å². The standard InChI is InChI=1S/C23H33NO9/c1-6-11-30-23(28)31-15(4)14-24-17(22(27)29-5)12-16-9-10-18(32-20(25)7-2)19(13-16)33-21(26)8-3/h9-10,13,15,17,24H,6-8,11-12,14H2,1-5H3/t15?,17-/m0/s1. The minimum atomic E-state index is -0.777. The number of nitrogens with one attached hydrogen (secondary N) is 1. The lowest BCUT2D eigenvalue weighted by Crippen LogP contribution is -2.43. The summed E-state index contributed by atoms with van der Waals surface area (Å²) in [6.07, 6.45) is -0.185. The smallest absolute Gasteiger partial charge is 0.468 e. The molecule has 0 saturated heterocycles. The van der Waals surface area contributed by atoms with E-state index >= 15 is 0 Å². The van der Waals surface area contributed by atoms with Crippen LogP contribution in [0.1, 0.15) is 52.5 Å². The van der Waals surface area contributed by atoms with Crippen molar-refractivity contribution in [1.82, 2.24) is 5.32 Å². The van der Waals surface area contributed by atoms with Crippen LogP contribution in [0, 0.1) is 0 Å². The minimum absolute atomic E-state index is 0.0835. The fraction of sp³-hybridized carbons (Fsp3) is 0.565. The summed E-state index contributed by atoms with van der Waals surface area (Å²) in [5.41, 5.74) is 0.629. The Hall–Kier alpha value is -3.14. The summed E-state index contributed by atoms with van der Waals surface area (Å²) in [7, 11) is 1.26. The Kier molecular flexibility index (Phi) is 12.5. The van der Waals surface area contributed by atoms with Gasteiger partial charge in [0, 0.05) is 19.4 Å². The summed E-state index contributed by atoms with van der Waals surface area (Å²) in [5.74, 6) is -1.30. The molecule has 1 unspecified atom stereocenters. The summed E-state index contributed by atoms with van der Waals surface area (Å²) in [5, 5.41) is 3.01. The highest BCUT2D eigenvalue weighted by Crippen LogP contribution is 2.30. The summed E-state index contributed by atoms with van der Waals surface area (Å²) >= 11 is 0. The van der Waals surface area contributed by atoms with E-state index in [0.29, 0.717) is 12.0 Å². The Morgan fingerprint density at radius 1 is 0.970 bits per heavy atom. The van der Waals surface area contributed by atoms with Gasteiger partial charge in [0.05, 0.1) is 13.7 Å². The molecule has 0 aliphatic carbocycles. The van der Waals surface area contributed by atoms with Crippen LogP contribution in [-0.2, 0) is 35.0 Å². The van der Waals surface area contributed by atoms with E-state index in [1.165, 1.54) is 19.2 Å². The monoisotopic (exact) mass is 467 g/mol. The highest BCUT2D eigenvalue weighted by atomic mass is 16.7. The van der Waals surface area contributed by atoms with Crippen molar-refractivity contribution in [2.24, 2.45) is 0 Å². The van der Waals surface area contributed by atoms with Gasteiger partial charge in [-0.3, -0.25) is 14.4 Å². The first-order valence-electron chi connectivity index (χ1n) is 10.9. The number of esters is 3. The quantitative estimate of drug-likeness (QED) is 0.342. The third-order valence-electron chi connectivity index (χ3n) is 4.33. The number of rotatable bonds is 13. The third kappa shape index (κ3) is 10.3. The second-order valence-corrected chi connectivity index (χ2v) is 7.15. The molecule has 0 saturated carbocycles. The fourth-order valence-electron chi connectivity index (χ4n) is 2.58. The zero-order valence-corrected chi connectivity index (χ0v) is 19.8. The van der Waals surface area contributed by atoms with Gasteiger partial charge in [-0.2, -0.15) is 0 Å². The zero-order valence-electron chi connectivity index (χ0n) is 19.8. The molecular formula is C23H33NO9. The van der Waals surface area contributed by atoms with E-state index in [0.717, 1.165) is 0 Å². The average molecular weight is 468 g/mol. The van der Waals surface area contributed by atoms with Crippen LogP contribution in [0.2, 0.25) is 0 Å². The summed E-state index contributed by atoms with van der Waals surface area (Å²) in [4.78, 5) is 47.4. The van der Waals surface area contributed by atoms with Gasteiger partial charge in [0.1, 0.15) is 12.1 Å².